The molecule has 0 bridgehead atoms. The highest BCUT2D eigenvalue weighted by Gasteiger charge is 2.01. The van der Waals surface area contributed by atoms with E-state index in [0.29, 0.717) is 5.95 Å². The lowest BCUT2D eigenvalue weighted by molar-refractivity contribution is 0.950. The van der Waals surface area contributed by atoms with Crippen molar-refractivity contribution < 1.29 is 0 Å². The molecule has 0 saturated carbocycles. The Morgan fingerprint density at radius 1 is 1.17 bits per heavy atom. The van der Waals surface area contributed by atoms with Crippen molar-refractivity contribution in [2.24, 2.45) is 0 Å². The topological polar surface area (TPSA) is 42.2 Å². The van der Waals surface area contributed by atoms with Crippen LogP contribution in [0.25, 0.3) is 5.65 Å². The van der Waals surface area contributed by atoms with Gasteiger partial charge >= 0.3 is 0 Å². The van der Waals surface area contributed by atoms with E-state index in [9.17, 15) is 0 Å². The summed E-state index contributed by atoms with van der Waals surface area (Å²) in [5, 5.41) is 7.58. The van der Waals surface area contributed by atoms with E-state index in [2.05, 4.69) is 46.6 Å². The summed E-state index contributed by atoms with van der Waals surface area (Å²) >= 11 is 0. The zero-order valence-corrected chi connectivity index (χ0v) is 10.2. The number of hydrogen-bond donors (Lipinski definition) is 1. The van der Waals surface area contributed by atoms with E-state index in [1.165, 1.54) is 11.1 Å². The fourth-order valence-electron chi connectivity index (χ4n) is 1.91. The van der Waals surface area contributed by atoms with Crippen LogP contribution in [-0.2, 0) is 6.54 Å². The van der Waals surface area contributed by atoms with Gasteiger partial charge in [0.05, 0.1) is 0 Å². The van der Waals surface area contributed by atoms with Crippen molar-refractivity contribution in [1.29, 1.82) is 0 Å². The molecular formula is C14H14N4. The van der Waals surface area contributed by atoms with Gasteiger partial charge in [-0.1, -0.05) is 35.9 Å². The molecule has 0 fully saturated rings. The summed E-state index contributed by atoms with van der Waals surface area (Å²) < 4.78 is 1.76. The Morgan fingerprint density at radius 3 is 2.94 bits per heavy atom. The van der Waals surface area contributed by atoms with Gasteiger partial charge in [0.1, 0.15) is 0 Å². The Morgan fingerprint density at radius 2 is 2.11 bits per heavy atom. The summed E-state index contributed by atoms with van der Waals surface area (Å²) in [5.41, 5.74) is 3.34. The molecule has 0 saturated heterocycles. The molecule has 0 aliphatic heterocycles. The van der Waals surface area contributed by atoms with Crippen LogP contribution in [0, 0.1) is 6.92 Å². The minimum absolute atomic E-state index is 0.655. The van der Waals surface area contributed by atoms with E-state index in [4.69, 9.17) is 0 Å². The lowest BCUT2D eigenvalue weighted by Gasteiger charge is -2.02. The Balaban J connectivity index is 1.76. The molecule has 0 unspecified atom stereocenters. The van der Waals surface area contributed by atoms with Gasteiger partial charge in [0.2, 0.25) is 5.95 Å². The summed E-state index contributed by atoms with van der Waals surface area (Å²) in [6.07, 6.45) is 1.89. The summed E-state index contributed by atoms with van der Waals surface area (Å²) in [6, 6.07) is 14.2. The van der Waals surface area contributed by atoms with Crippen molar-refractivity contribution in [2.45, 2.75) is 13.5 Å². The fourth-order valence-corrected chi connectivity index (χ4v) is 1.91. The SMILES string of the molecule is Cc1cccc(CNc2nc3ccccn3n2)c1. The first-order valence-electron chi connectivity index (χ1n) is 5.92. The normalized spacial score (nSPS) is 10.7. The molecular weight excluding hydrogens is 224 g/mol. The molecule has 18 heavy (non-hydrogen) atoms. The summed E-state index contributed by atoms with van der Waals surface area (Å²) in [7, 11) is 0. The van der Waals surface area contributed by atoms with Crippen LogP contribution >= 0.6 is 0 Å². The predicted molar refractivity (Wildman–Crippen MR) is 71.5 cm³/mol. The van der Waals surface area contributed by atoms with E-state index in [-0.39, 0.29) is 0 Å². The molecule has 90 valence electrons. The molecule has 4 heteroatoms. The van der Waals surface area contributed by atoms with Gasteiger partial charge in [-0.05, 0) is 24.6 Å². The van der Waals surface area contributed by atoms with Gasteiger partial charge in [0.25, 0.3) is 0 Å². The van der Waals surface area contributed by atoms with Crippen LogP contribution in [-0.4, -0.2) is 14.6 Å². The first kappa shape index (κ1) is 10.8. The van der Waals surface area contributed by atoms with Crippen LogP contribution in [0.1, 0.15) is 11.1 Å². The maximum atomic E-state index is 4.39. The van der Waals surface area contributed by atoms with Crippen LogP contribution < -0.4 is 5.32 Å². The summed E-state index contributed by atoms with van der Waals surface area (Å²) in [6.45, 7) is 2.82. The van der Waals surface area contributed by atoms with E-state index in [1.807, 2.05) is 24.4 Å². The molecule has 1 N–H and O–H groups in total. The highest BCUT2D eigenvalue weighted by molar-refractivity contribution is 5.43. The van der Waals surface area contributed by atoms with Gasteiger partial charge in [-0.3, -0.25) is 0 Å². The van der Waals surface area contributed by atoms with Crippen LogP contribution in [0.3, 0.4) is 0 Å². The lowest BCUT2D eigenvalue weighted by atomic mass is 10.1. The standard InChI is InChI=1S/C14H14N4/c1-11-5-4-6-12(9-11)10-15-14-16-13-7-2-3-8-18(13)17-14/h2-9H,10H2,1H3,(H,15,17). The second-order valence-corrected chi connectivity index (χ2v) is 4.28. The van der Waals surface area contributed by atoms with E-state index < -0.39 is 0 Å². The second-order valence-electron chi connectivity index (χ2n) is 4.28. The lowest BCUT2D eigenvalue weighted by Crippen LogP contribution is -2.01. The van der Waals surface area contributed by atoms with Gasteiger partial charge < -0.3 is 5.32 Å². The number of fused-ring (bicyclic) bond motifs is 1. The number of nitrogens with zero attached hydrogens (tertiary/aromatic N) is 3. The Kier molecular flexibility index (Phi) is 2.68. The van der Waals surface area contributed by atoms with E-state index in [1.54, 1.807) is 4.52 Å². The smallest absolute Gasteiger partial charge is 0.243 e. The number of rotatable bonds is 3. The second kappa shape index (κ2) is 4.49. The van der Waals surface area contributed by atoms with Gasteiger partial charge in [0, 0.05) is 12.7 Å². The van der Waals surface area contributed by atoms with Crippen molar-refractivity contribution in [2.75, 3.05) is 5.32 Å². The molecule has 3 aromatic rings. The highest BCUT2D eigenvalue weighted by atomic mass is 15.3. The van der Waals surface area contributed by atoms with Crippen molar-refractivity contribution >= 4 is 11.6 Å². The van der Waals surface area contributed by atoms with Crippen molar-refractivity contribution in [3.8, 4) is 0 Å². The Hall–Kier alpha value is -2.36. The molecule has 0 amide bonds. The zero-order valence-electron chi connectivity index (χ0n) is 10.2. The van der Waals surface area contributed by atoms with Crippen LogP contribution in [0.2, 0.25) is 0 Å². The van der Waals surface area contributed by atoms with Gasteiger partial charge in [-0.15, -0.1) is 5.10 Å². The maximum absolute atomic E-state index is 4.39. The van der Waals surface area contributed by atoms with Crippen LogP contribution in [0.5, 0.6) is 0 Å². The molecule has 3 rings (SSSR count). The summed E-state index contributed by atoms with van der Waals surface area (Å²) in [4.78, 5) is 4.39. The average Bonchev–Trinajstić information content (AvgIpc) is 2.79. The number of aryl methyl sites for hydroxylation is 1. The third kappa shape index (κ3) is 2.18. The maximum Gasteiger partial charge on any atom is 0.243 e. The van der Waals surface area contributed by atoms with Crippen molar-refractivity contribution in [1.82, 2.24) is 14.6 Å². The first-order chi connectivity index (χ1) is 8.81. The number of anilines is 1. The van der Waals surface area contributed by atoms with Gasteiger partial charge in [0.15, 0.2) is 5.65 Å². The van der Waals surface area contributed by atoms with Gasteiger partial charge in [-0.2, -0.15) is 4.98 Å². The quantitative estimate of drug-likeness (QED) is 0.762. The minimum atomic E-state index is 0.655. The molecule has 1 aromatic carbocycles. The molecule has 2 aromatic heterocycles. The molecule has 2 heterocycles. The van der Waals surface area contributed by atoms with Gasteiger partial charge in [-0.25, -0.2) is 4.52 Å². The van der Waals surface area contributed by atoms with Crippen molar-refractivity contribution in [3.05, 3.63) is 59.8 Å². The largest absolute Gasteiger partial charge is 0.349 e. The number of hydrogen-bond acceptors (Lipinski definition) is 3. The first-order valence-corrected chi connectivity index (χ1v) is 5.92. The predicted octanol–water partition coefficient (Wildman–Crippen LogP) is 2.65. The zero-order chi connectivity index (χ0) is 12.4. The highest BCUT2D eigenvalue weighted by Crippen LogP contribution is 2.08. The number of benzene rings is 1. The number of aromatic nitrogens is 3. The molecule has 0 radical (unpaired) electrons. The van der Waals surface area contributed by atoms with E-state index >= 15 is 0 Å². The number of nitrogens with one attached hydrogen (secondary N) is 1. The minimum Gasteiger partial charge on any atom is -0.349 e. The molecule has 0 atom stereocenters. The molecule has 0 aliphatic rings. The molecule has 0 aliphatic carbocycles. The van der Waals surface area contributed by atoms with Crippen LogP contribution in [0.15, 0.2) is 48.7 Å². The third-order valence-corrected chi connectivity index (χ3v) is 2.77. The molecule has 4 nitrogen and oxygen atoms in total. The monoisotopic (exact) mass is 238 g/mol. The fraction of sp³-hybridized carbons (Fsp3) is 0.143. The number of pyridine rings is 1. The van der Waals surface area contributed by atoms with Crippen LogP contribution in [0.4, 0.5) is 5.95 Å². The Bertz CT molecular complexity index is 639. The Labute approximate surface area is 105 Å². The van der Waals surface area contributed by atoms with Crippen molar-refractivity contribution in [3.63, 3.8) is 0 Å². The average molecular weight is 238 g/mol. The summed E-state index contributed by atoms with van der Waals surface area (Å²) in [5.74, 6) is 0.655. The molecule has 0 spiro atoms. The van der Waals surface area contributed by atoms with E-state index in [0.717, 1.165) is 12.2 Å². The third-order valence-electron chi connectivity index (χ3n) is 2.77.